The molecule has 0 saturated carbocycles. The average molecular weight is 344 g/mol. The summed E-state index contributed by atoms with van der Waals surface area (Å²) in [5.41, 5.74) is 0.642. The molecule has 1 N–H and O–H groups in total. The molecule has 1 saturated heterocycles. The van der Waals surface area contributed by atoms with Crippen LogP contribution < -0.4 is 5.32 Å². The van der Waals surface area contributed by atoms with Gasteiger partial charge in [0.05, 0.1) is 23.4 Å². The van der Waals surface area contributed by atoms with Crippen molar-refractivity contribution in [3.63, 3.8) is 0 Å². The van der Waals surface area contributed by atoms with Gasteiger partial charge in [-0.25, -0.2) is 4.39 Å². The van der Waals surface area contributed by atoms with Crippen LogP contribution in [0, 0.1) is 12.7 Å². The molecule has 2 aromatic rings. The van der Waals surface area contributed by atoms with Gasteiger partial charge in [0, 0.05) is 7.05 Å². The summed E-state index contributed by atoms with van der Waals surface area (Å²) in [5, 5.41) is 6.99. The van der Waals surface area contributed by atoms with Crippen LogP contribution in [0.1, 0.15) is 34.5 Å². The maximum absolute atomic E-state index is 14.0. The van der Waals surface area contributed by atoms with E-state index >= 15 is 0 Å². The van der Waals surface area contributed by atoms with Gasteiger partial charge in [0.1, 0.15) is 11.6 Å². The van der Waals surface area contributed by atoms with E-state index in [0.29, 0.717) is 11.5 Å². The van der Waals surface area contributed by atoms with Crippen LogP contribution in [0.5, 0.6) is 0 Å². The maximum atomic E-state index is 14.0. The minimum absolute atomic E-state index is 0.0337. The predicted molar refractivity (Wildman–Crippen MR) is 92.1 cm³/mol. The molecule has 0 spiro atoms. The second-order valence-electron chi connectivity index (χ2n) is 6.27. The van der Waals surface area contributed by atoms with Crippen molar-refractivity contribution in [2.75, 3.05) is 25.0 Å². The Morgan fingerprint density at radius 3 is 2.60 bits per heavy atom. The van der Waals surface area contributed by atoms with Crippen molar-refractivity contribution >= 4 is 17.5 Å². The molecule has 0 unspecified atom stereocenters. The number of amides is 1. The number of nitrogens with zero attached hydrogens (tertiary/aromatic N) is 3. The average Bonchev–Trinajstić information content (AvgIpc) is 3.16. The van der Waals surface area contributed by atoms with Crippen LogP contribution in [0.25, 0.3) is 0 Å². The lowest BCUT2D eigenvalue weighted by atomic mass is 10.0. The van der Waals surface area contributed by atoms with Crippen molar-refractivity contribution in [1.82, 2.24) is 14.7 Å². The fourth-order valence-corrected chi connectivity index (χ4v) is 3.17. The molecule has 1 aromatic heterocycles. The number of rotatable bonds is 5. The summed E-state index contributed by atoms with van der Waals surface area (Å²) in [6, 6.07) is 5.80. The minimum Gasteiger partial charge on any atom is -0.309 e. The fourth-order valence-electron chi connectivity index (χ4n) is 3.17. The maximum Gasteiger partial charge on any atom is 0.239 e. The second-order valence-corrected chi connectivity index (χ2v) is 6.27. The normalized spacial score (nSPS) is 14.7. The van der Waals surface area contributed by atoms with Crippen molar-refractivity contribution in [3.05, 3.63) is 46.9 Å². The van der Waals surface area contributed by atoms with Crippen LogP contribution >= 0.6 is 0 Å². The van der Waals surface area contributed by atoms with E-state index in [-0.39, 0.29) is 23.6 Å². The molecule has 2 heterocycles. The largest absolute Gasteiger partial charge is 0.309 e. The Labute approximate surface area is 145 Å². The molecule has 0 radical (unpaired) electrons. The topological polar surface area (TPSA) is 67.2 Å². The monoisotopic (exact) mass is 344 g/mol. The highest BCUT2D eigenvalue weighted by Crippen LogP contribution is 2.24. The molecule has 1 fully saturated rings. The summed E-state index contributed by atoms with van der Waals surface area (Å²) in [7, 11) is 1.65. The lowest BCUT2D eigenvalue weighted by Gasteiger charge is -2.15. The number of ketones is 1. The Hall–Kier alpha value is -2.54. The van der Waals surface area contributed by atoms with E-state index in [1.807, 2.05) is 0 Å². The lowest BCUT2D eigenvalue weighted by molar-refractivity contribution is -0.117. The standard InChI is InChI=1S/C18H21FN4O2/c1-12-16(17(25)13-7-3-4-8-14(13)19)18(22(2)21-12)20-15(24)11-23-9-5-6-10-23/h3-4,7-8H,5-6,9-11H2,1-2H3,(H,20,24). The van der Waals surface area contributed by atoms with E-state index in [1.165, 1.54) is 22.9 Å². The van der Waals surface area contributed by atoms with E-state index in [1.54, 1.807) is 20.0 Å². The first-order valence-electron chi connectivity index (χ1n) is 8.32. The third kappa shape index (κ3) is 3.61. The van der Waals surface area contributed by atoms with Gasteiger partial charge in [0.25, 0.3) is 0 Å². The van der Waals surface area contributed by atoms with Gasteiger partial charge in [-0.1, -0.05) is 12.1 Å². The molecule has 1 amide bonds. The van der Waals surface area contributed by atoms with Gasteiger partial charge in [0.15, 0.2) is 0 Å². The van der Waals surface area contributed by atoms with E-state index < -0.39 is 11.6 Å². The summed E-state index contributed by atoms with van der Waals surface area (Å²) in [5.74, 6) is -0.979. The zero-order valence-electron chi connectivity index (χ0n) is 14.4. The van der Waals surface area contributed by atoms with Gasteiger partial charge >= 0.3 is 0 Å². The molecule has 0 atom stereocenters. The lowest BCUT2D eigenvalue weighted by Crippen LogP contribution is -2.31. The van der Waals surface area contributed by atoms with Crippen LogP contribution in [-0.2, 0) is 11.8 Å². The zero-order valence-corrected chi connectivity index (χ0v) is 14.4. The molecule has 132 valence electrons. The highest BCUT2D eigenvalue weighted by molar-refractivity contribution is 6.14. The molecule has 1 aliphatic heterocycles. The van der Waals surface area contributed by atoms with Gasteiger partial charge in [-0.15, -0.1) is 0 Å². The molecule has 25 heavy (non-hydrogen) atoms. The summed E-state index contributed by atoms with van der Waals surface area (Å²) in [4.78, 5) is 27.2. The number of aromatic nitrogens is 2. The van der Waals surface area contributed by atoms with Crippen molar-refractivity contribution in [3.8, 4) is 0 Å². The number of carbonyl (C=O) groups excluding carboxylic acids is 2. The van der Waals surface area contributed by atoms with Gasteiger partial charge in [0.2, 0.25) is 11.7 Å². The molecular formula is C18H21FN4O2. The fraction of sp³-hybridized carbons (Fsp3) is 0.389. The Bertz CT molecular complexity index is 809. The second kappa shape index (κ2) is 7.14. The van der Waals surface area contributed by atoms with Gasteiger partial charge in [-0.3, -0.25) is 19.2 Å². The van der Waals surface area contributed by atoms with Gasteiger partial charge in [-0.2, -0.15) is 5.10 Å². The minimum atomic E-state index is -0.593. The first-order valence-corrected chi connectivity index (χ1v) is 8.32. The van der Waals surface area contributed by atoms with Crippen LogP contribution in [0.3, 0.4) is 0 Å². The predicted octanol–water partition coefficient (Wildman–Crippen LogP) is 2.13. The first-order chi connectivity index (χ1) is 12.0. The molecule has 1 aromatic carbocycles. The molecule has 3 rings (SSSR count). The Kier molecular flexibility index (Phi) is 4.94. The van der Waals surface area contributed by atoms with E-state index in [9.17, 15) is 14.0 Å². The molecular weight excluding hydrogens is 323 g/mol. The number of carbonyl (C=O) groups is 2. The Balaban J connectivity index is 1.86. The molecule has 7 heteroatoms. The van der Waals surface area contributed by atoms with E-state index in [4.69, 9.17) is 0 Å². The summed E-state index contributed by atoms with van der Waals surface area (Å²) in [6.07, 6.45) is 2.18. The number of aryl methyl sites for hydroxylation is 2. The Morgan fingerprint density at radius 1 is 1.24 bits per heavy atom. The first kappa shape index (κ1) is 17.3. The SMILES string of the molecule is Cc1nn(C)c(NC(=O)CN2CCCC2)c1C(=O)c1ccccc1F. The van der Waals surface area contributed by atoms with Gasteiger partial charge < -0.3 is 5.32 Å². The van der Waals surface area contributed by atoms with E-state index in [0.717, 1.165) is 25.9 Å². The number of likely N-dealkylation sites (tertiary alicyclic amines) is 1. The van der Waals surface area contributed by atoms with Crippen LogP contribution in [0.15, 0.2) is 24.3 Å². The van der Waals surface area contributed by atoms with E-state index in [2.05, 4.69) is 15.3 Å². The third-order valence-corrected chi connectivity index (χ3v) is 4.39. The number of hydrogen-bond acceptors (Lipinski definition) is 4. The summed E-state index contributed by atoms with van der Waals surface area (Å²) in [6.45, 7) is 3.75. The highest BCUT2D eigenvalue weighted by atomic mass is 19.1. The van der Waals surface area contributed by atoms with Crippen LogP contribution in [-0.4, -0.2) is 46.0 Å². The number of hydrogen-bond donors (Lipinski definition) is 1. The van der Waals surface area contributed by atoms with Crippen molar-refractivity contribution in [2.45, 2.75) is 19.8 Å². The molecule has 0 bridgehead atoms. The van der Waals surface area contributed by atoms with Crippen molar-refractivity contribution < 1.29 is 14.0 Å². The highest BCUT2D eigenvalue weighted by Gasteiger charge is 2.25. The molecule has 1 aliphatic rings. The number of halogens is 1. The smallest absolute Gasteiger partial charge is 0.239 e. The van der Waals surface area contributed by atoms with Gasteiger partial charge in [-0.05, 0) is 45.0 Å². The number of benzene rings is 1. The van der Waals surface area contributed by atoms with Crippen molar-refractivity contribution in [1.29, 1.82) is 0 Å². The molecule has 0 aliphatic carbocycles. The number of anilines is 1. The molecule has 6 nitrogen and oxygen atoms in total. The van der Waals surface area contributed by atoms with Crippen LogP contribution in [0.4, 0.5) is 10.2 Å². The summed E-state index contributed by atoms with van der Waals surface area (Å²) < 4.78 is 15.4. The summed E-state index contributed by atoms with van der Waals surface area (Å²) >= 11 is 0. The zero-order chi connectivity index (χ0) is 18.0. The van der Waals surface area contributed by atoms with Crippen LogP contribution in [0.2, 0.25) is 0 Å². The Morgan fingerprint density at radius 2 is 1.92 bits per heavy atom. The quantitative estimate of drug-likeness (QED) is 0.844. The van der Waals surface area contributed by atoms with Crippen molar-refractivity contribution in [2.24, 2.45) is 7.05 Å². The number of nitrogens with one attached hydrogen (secondary N) is 1. The third-order valence-electron chi connectivity index (χ3n) is 4.39.